The van der Waals surface area contributed by atoms with Crippen LogP contribution in [0.5, 0.6) is 0 Å². The number of hydrogen-bond acceptors (Lipinski definition) is 4. The zero-order valence-corrected chi connectivity index (χ0v) is 10.8. The minimum absolute atomic E-state index is 0.159. The molecule has 0 fully saturated rings. The third-order valence-corrected chi connectivity index (χ3v) is 2.80. The van der Waals surface area contributed by atoms with Gasteiger partial charge in [0.15, 0.2) is 11.6 Å². The van der Waals surface area contributed by atoms with E-state index in [-0.39, 0.29) is 11.4 Å². The van der Waals surface area contributed by atoms with Crippen molar-refractivity contribution in [2.75, 3.05) is 5.32 Å². The van der Waals surface area contributed by atoms with Gasteiger partial charge in [-0.3, -0.25) is 4.79 Å². The topological polar surface area (TPSA) is 68.0 Å². The number of carbonyl (C=O) groups is 1. The molecule has 21 heavy (non-hydrogen) atoms. The highest BCUT2D eigenvalue weighted by Crippen LogP contribution is 2.22. The standard InChI is InChI=1S/C15H10FN3O2/c16-13-8-11(6-7-17-13)15(20)18-14-9-12(21-19-14)10-4-2-1-3-5-10/h1-9H,(H,18,19,20). The Labute approximate surface area is 119 Å². The molecule has 0 saturated heterocycles. The van der Waals surface area contributed by atoms with Crippen molar-refractivity contribution >= 4 is 11.7 Å². The third kappa shape index (κ3) is 2.94. The first-order valence-corrected chi connectivity index (χ1v) is 6.17. The zero-order chi connectivity index (χ0) is 14.7. The molecule has 1 aromatic carbocycles. The van der Waals surface area contributed by atoms with Crippen molar-refractivity contribution < 1.29 is 13.7 Å². The van der Waals surface area contributed by atoms with E-state index < -0.39 is 11.9 Å². The summed E-state index contributed by atoms with van der Waals surface area (Å²) in [6, 6.07) is 13.4. The molecule has 1 N–H and O–H groups in total. The Morgan fingerprint density at radius 2 is 1.95 bits per heavy atom. The second-order valence-electron chi connectivity index (χ2n) is 4.26. The highest BCUT2D eigenvalue weighted by Gasteiger charge is 2.11. The molecule has 0 aliphatic rings. The lowest BCUT2D eigenvalue weighted by Crippen LogP contribution is -2.12. The normalized spacial score (nSPS) is 10.3. The van der Waals surface area contributed by atoms with Gasteiger partial charge in [-0.15, -0.1) is 0 Å². The summed E-state index contributed by atoms with van der Waals surface area (Å²) in [4.78, 5) is 15.3. The molecule has 3 rings (SSSR count). The van der Waals surface area contributed by atoms with E-state index in [1.165, 1.54) is 12.3 Å². The summed E-state index contributed by atoms with van der Waals surface area (Å²) in [5, 5.41) is 6.30. The summed E-state index contributed by atoms with van der Waals surface area (Å²) in [6.07, 6.45) is 1.22. The molecule has 3 aromatic rings. The summed E-state index contributed by atoms with van der Waals surface area (Å²) in [5.41, 5.74) is 1.01. The highest BCUT2D eigenvalue weighted by molar-refractivity contribution is 6.03. The van der Waals surface area contributed by atoms with Gasteiger partial charge in [0.2, 0.25) is 5.95 Å². The van der Waals surface area contributed by atoms with Crippen LogP contribution in [-0.4, -0.2) is 16.0 Å². The van der Waals surface area contributed by atoms with Crippen LogP contribution in [-0.2, 0) is 0 Å². The van der Waals surface area contributed by atoms with Crippen LogP contribution in [0.1, 0.15) is 10.4 Å². The van der Waals surface area contributed by atoms with E-state index in [1.807, 2.05) is 30.3 Å². The minimum Gasteiger partial charge on any atom is -0.354 e. The van der Waals surface area contributed by atoms with E-state index in [0.717, 1.165) is 11.6 Å². The maximum absolute atomic E-state index is 13.0. The summed E-state index contributed by atoms with van der Waals surface area (Å²) >= 11 is 0. The van der Waals surface area contributed by atoms with Gasteiger partial charge in [-0.1, -0.05) is 35.5 Å². The molecule has 0 spiro atoms. The van der Waals surface area contributed by atoms with Gasteiger partial charge in [0.25, 0.3) is 5.91 Å². The Hall–Kier alpha value is -3.02. The van der Waals surface area contributed by atoms with Gasteiger partial charge in [-0.25, -0.2) is 4.98 Å². The first-order chi connectivity index (χ1) is 10.2. The molecule has 2 heterocycles. The molecule has 2 aromatic heterocycles. The van der Waals surface area contributed by atoms with Crippen LogP contribution in [0.3, 0.4) is 0 Å². The van der Waals surface area contributed by atoms with Crippen LogP contribution in [0.4, 0.5) is 10.2 Å². The number of hydrogen-bond donors (Lipinski definition) is 1. The summed E-state index contributed by atoms with van der Waals surface area (Å²) in [7, 11) is 0. The van der Waals surface area contributed by atoms with Crippen LogP contribution in [0.15, 0.2) is 59.3 Å². The van der Waals surface area contributed by atoms with E-state index in [0.29, 0.717) is 5.76 Å². The molecule has 5 nitrogen and oxygen atoms in total. The quantitative estimate of drug-likeness (QED) is 0.750. The molecular formula is C15H10FN3O2. The Kier molecular flexibility index (Phi) is 3.42. The molecule has 0 radical (unpaired) electrons. The van der Waals surface area contributed by atoms with Crippen molar-refractivity contribution in [3.8, 4) is 11.3 Å². The summed E-state index contributed by atoms with van der Waals surface area (Å²) in [6.45, 7) is 0. The van der Waals surface area contributed by atoms with Crippen molar-refractivity contribution in [1.82, 2.24) is 10.1 Å². The molecule has 6 heteroatoms. The first-order valence-electron chi connectivity index (χ1n) is 6.17. The number of aromatic nitrogens is 2. The smallest absolute Gasteiger partial charge is 0.257 e. The van der Waals surface area contributed by atoms with Crippen LogP contribution < -0.4 is 5.32 Å². The van der Waals surface area contributed by atoms with Crippen LogP contribution in [0.2, 0.25) is 0 Å². The molecule has 0 aliphatic carbocycles. The maximum atomic E-state index is 13.0. The van der Waals surface area contributed by atoms with Gasteiger partial charge in [0.05, 0.1) is 0 Å². The van der Waals surface area contributed by atoms with Gasteiger partial charge < -0.3 is 9.84 Å². The predicted molar refractivity (Wildman–Crippen MR) is 74.1 cm³/mol. The molecular weight excluding hydrogens is 273 g/mol. The fourth-order valence-electron chi connectivity index (χ4n) is 1.80. The molecule has 0 unspecified atom stereocenters. The van der Waals surface area contributed by atoms with E-state index in [2.05, 4.69) is 15.5 Å². The molecule has 0 atom stereocenters. The lowest BCUT2D eigenvalue weighted by Gasteiger charge is -2.00. The fraction of sp³-hybridized carbons (Fsp3) is 0. The van der Waals surface area contributed by atoms with Crippen LogP contribution >= 0.6 is 0 Å². The predicted octanol–water partition coefficient (Wildman–Crippen LogP) is 3.13. The number of amides is 1. The monoisotopic (exact) mass is 283 g/mol. The average molecular weight is 283 g/mol. The number of carbonyl (C=O) groups excluding carboxylic acids is 1. The Morgan fingerprint density at radius 3 is 2.71 bits per heavy atom. The van der Waals surface area contributed by atoms with E-state index in [9.17, 15) is 9.18 Å². The molecule has 0 aliphatic heterocycles. The Balaban J connectivity index is 1.77. The van der Waals surface area contributed by atoms with Gasteiger partial charge in [-0.05, 0) is 6.07 Å². The number of anilines is 1. The summed E-state index contributed by atoms with van der Waals surface area (Å²) in [5.74, 6) is -0.403. The van der Waals surface area contributed by atoms with Gasteiger partial charge >= 0.3 is 0 Å². The van der Waals surface area contributed by atoms with Crippen molar-refractivity contribution in [2.24, 2.45) is 0 Å². The second kappa shape index (κ2) is 5.54. The number of pyridine rings is 1. The number of benzene rings is 1. The molecule has 0 saturated carbocycles. The highest BCUT2D eigenvalue weighted by atomic mass is 19.1. The lowest BCUT2D eigenvalue weighted by molar-refractivity contribution is 0.102. The average Bonchev–Trinajstić information content (AvgIpc) is 2.97. The number of nitrogens with zero attached hydrogens (tertiary/aromatic N) is 2. The Morgan fingerprint density at radius 1 is 1.14 bits per heavy atom. The second-order valence-corrected chi connectivity index (χ2v) is 4.26. The maximum Gasteiger partial charge on any atom is 0.257 e. The van der Waals surface area contributed by atoms with Crippen LogP contribution in [0, 0.1) is 5.95 Å². The summed E-state index contributed by atoms with van der Waals surface area (Å²) < 4.78 is 18.1. The minimum atomic E-state index is -0.715. The number of nitrogens with one attached hydrogen (secondary N) is 1. The number of rotatable bonds is 3. The van der Waals surface area contributed by atoms with Crippen molar-refractivity contribution in [2.45, 2.75) is 0 Å². The molecule has 1 amide bonds. The third-order valence-electron chi connectivity index (χ3n) is 2.80. The lowest BCUT2D eigenvalue weighted by atomic mass is 10.2. The van der Waals surface area contributed by atoms with Gasteiger partial charge in [0, 0.05) is 29.5 Å². The van der Waals surface area contributed by atoms with E-state index in [4.69, 9.17) is 4.52 Å². The van der Waals surface area contributed by atoms with Gasteiger partial charge in [0.1, 0.15) is 0 Å². The SMILES string of the molecule is O=C(Nc1cc(-c2ccccc2)on1)c1ccnc(F)c1. The Bertz CT molecular complexity index is 771. The number of halogens is 1. The van der Waals surface area contributed by atoms with Crippen LogP contribution in [0.25, 0.3) is 11.3 Å². The molecule has 0 bridgehead atoms. The first kappa shape index (κ1) is 13.0. The fourth-order valence-corrected chi connectivity index (χ4v) is 1.80. The molecule has 104 valence electrons. The van der Waals surface area contributed by atoms with Gasteiger partial charge in [-0.2, -0.15) is 4.39 Å². The largest absolute Gasteiger partial charge is 0.354 e. The van der Waals surface area contributed by atoms with Crippen molar-refractivity contribution in [1.29, 1.82) is 0 Å². The van der Waals surface area contributed by atoms with E-state index in [1.54, 1.807) is 6.07 Å². The van der Waals surface area contributed by atoms with Crippen molar-refractivity contribution in [3.63, 3.8) is 0 Å². The van der Waals surface area contributed by atoms with E-state index >= 15 is 0 Å². The zero-order valence-electron chi connectivity index (χ0n) is 10.8. The van der Waals surface area contributed by atoms with Crippen molar-refractivity contribution in [3.05, 3.63) is 66.2 Å².